The molecule has 1 amide bonds. The molecule has 0 saturated carbocycles. The second kappa shape index (κ2) is 8.82. The Morgan fingerprint density at radius 3 is 2.46 bits per heavy atom. The van der Waals surface area contributed by atoms with Crippen LogP contribution in [0.1, 0.15) is 24.0 Å². The number of amides is 1. The molecule has 150 valence electrons. The highest BCUT2D eigenvalue weighted by atomic mass is 35.5. The van der Waals surface area contributed by atoms with Gasteiger partial charge in [-0.3, -0.25) is 4.79 Å². The zero-order valence-corrected chi connectivity index (χ0v) is 17.8. The van der Waals surface area contributed by atoms with E-state index in [4.69, 9.17) is 23.2 Å². The Morgan fingerprint density at radius 2 is 1.82 bits per heavy atom. The second-order valence-corrected chi connectivity index (χ2v) is 9.78. The van der Waals surface area contributed by atoms with E-state index in [1.165, 1.54) is 4.31 Å². The Hall–Kier alpha value is -1.60. The summed E-state index contributed by atoms with van der Waals surface area (Å²) in [6, 6.07) is 12.2. The van der Waals surface area contributed by atoms with Gasteiger partial charge in [0.25, 0.3) is 0 Å². The fourth-order valence-electron chi connectivity index (χ4n) is 3.30. The van der Waals surface area contributed by atoms with Crippen molar-refractivity contribution in [2.24, 2.45) is 5.92 Å². The summed E-state index contributed by atoms with van der Waals surface area (Å²) in [6.45, 7) is 2.53. The number of nitrogens with one attached hydrogen (secondary N) is 1. The number of sulfonamides is 1. The van der Waals surface area contributed by atoms with Crippen LogP contribution in [0.15, 0.2) is 42.5 Å². The number of carbonyl (C=O) groups is 1. The van der Waals surface area contributed by atoms with Crippen molar-refractivity contribution >= 4 is 44.8 Å². The van der Waals surface area contributed by atoms with E-state index in [2.05, 4.69) is 5.32 Å². The van der Waals surface area contributed by atoms with Gasteiger partial charge in [0.15, 0.2) is 0 Å². The first-order chi connectivity index (χ1) is 13.3. The molecule has 1 aliphatic rings. The summed E-state index contributed by atoms with van der Waals surface area (Å²) >= 11 is 12.0. The van der Waals surface area contributed by atoms with Gasteiger partial charge in [-0.25, -0.2) is 12.7 Å². The number of benzene rings is 2. The smallest absolute Gasteiger partial charge is 0.227 e. The SMILES string of the molecule is Cc1cc(Cl)ccc1NC(=O)C1CCN(S(=O)(=O)Cc2ccccc2Cl)CC1. The van der Waals surface area contributed by atoms with E-state index in [-0.39, 0.29) is 17.6 Å². The molecule has 1 aliphatic heterocycles. The number of piperidine rings is 1. The summed E-state index contributed by atoms with van der Waals surface area (Å²) < 4.78 is 26.9. The lowest BCUT2D eigenvalue weighted by atomic mass is 9.97. The minimum atomic E-state index is -3.48. The van der Waals surface area contributed by atoms with Crippen LogP contribution in [-0.4, -0.2) is 31.7 Å². The zero-order chi connectivity index (χ0) is 20.3. The highest BCUT2D eigenvalue weighted by Gasteiger charge is 2.31. The molecular formula is C20H22Cl2N2O3S. The number of anilines is 1. The minimum Gasteiger partial charge on any atom is -0.326 e. The van der Waals surface area contributed by atoms with Gasteiger partial charge in [0.05, 0.1) is 5.75 Å². The van der Waals surface area contributed by atoms with E-state index in [1.807, 2.05) is 6.92 Å². The number of hydrogen-bond acceptors (Lipinski definition) is 3. The largest absolute Gasteiger partial charge is 0.326 e. The molecule has 5 nitrogen and oxygen atoms in total. The van der Waals surface area contributed by atoms with Crippen molar-refractivity contribution in [1.29, 1.82) is 0 Å². The second-order valence-electron chi connectivity index (χ2n) is 6.97. The Labute approximate surface area is 175 Å². The Kier molecular flexibility index (Phi) is 6.65. The molecule has 1 N–H and O–H groups in total. The number of carbonyl (C=O) groups excluding carboxylic acids is 1. The average molecular weight is 441 g/mol. The van der Waals surface area contributed by atoms with Crippen LogP contribution in [0.2, 0.25) is 10.0 Å². The molecule has 0 atom stereocenters. The van der Waals surface area contributed by atoms with E-state index >= 15 is 0 Å². The van der Waals surface area contributed by atoms with Gasteiger partial charge < -0.3 is 5.32 Å². The normalized spacial score (nSPS) is 16.1. The van der Waals surface area contributed by atoms with Crippen molar-refractivity contribution < 1.29 is 13.2 Å². The summed E-state index contributed by atoms with van der Waals surface area (Å²) in [5, 5.41) is 3.99. The van der Waals surface area contributed by atoms with E-state index < -0.39 is 10.0 Å². The molecule has 1 heterocycles. The van der Waals surface area contributed by atoms with Crippen LogP contribution in [0.3, 0.4) is 0 Å². The van der Waals surface area contributed by atoms with Gasteiger partial charge in [-0.2, -0.15) is 0 Å². The van der Waals surface area contributed by atoms with Crippen LogP contribution >= 0.6 is 23.2 Å². The van der Waals surface area contributed by atoms with Crippen molar-refractivity contribution in [3.05, 3.63) is 63.6 Å². The summed E-state index contributed by atoms with van der Waals surface area (Å²) in [5.74, 6) is -0.441. The molecule has 0 unspecified atom stereocenters. The lowest BCUT2D eigenvalue weighted by Crippen LogP contribution is -2.42. The number of nitrogens with zero attached hydrogens (tertiary/aromatic N) is 1. The maximum atomic E-state index is 12.7. The number of hydrogen-bond donors (Lipinski definition) is 1. The molecule has 0 bridgehead atoms. The Balaban J connectivity index is 1.59. The molecule has 8 heteroatoms. The summed E-state index contributed by atoms with van der Waals surface area (Å²) in [6.07, 6.45) is 0.973. The first-order valence-corrected chi connectivity index (χ1v) is 11.4. The van der Waals surface area contributed by atoms with E-state index in [1.54, 1.807) is 42.5 Å². The molecule has 2 aromatic carbocycles. The van der Waals surface area contributed by atoms with Crippen LogP contribution in [-0.2, 0) is 20.6 Å². The van der Waals surface area contributed by atoms with Crippen molar-refractivity contribution in [3.63, 3.8) is 0 Å². The molecule has 0 spiro atoms. The standard InChI is InChI=1S/C20H22Cl2N2O3S/c1-14-12-17(21)6-7-19(14)23-20(25)15-8-10-24(11-9-15)28(26,27)13-16-4-2-3-5-18(16)22/h2-7,12,15H,8-11,13H2,1H3,(H,23,25). The van der Waals surface area contributed by atoms with Crippen LogP contribution in [0.4, 0.5) is 5.69 Å². The lowest BCUT2D eigenvalue weighted by Gasteiger charge is -2.30. The quantitative estimate of drug-likeness (QED) is 0.744. The van der Waals surface area contributed by atoms with Gasteiger partial charge in [0, 0.05) is 34.7 Å². The van der Waals surface area contributed by atoms with Gasteiger partial charge >= 0.3 is 0 Å². The summed E-state index contributed by atoms with van der Waals surface area (Å²) in [4.78, 5) is 12.6. The van der Waals surface area contributed by atoms with Gasteiger partial charge in [0.1, 0.15) is 0 Å². The van der Waals surface area contributed by atoms with Gasteiger partial charge in [-0.15, -0.1) is 0 Å². The molecule has 0 radical (unpaired) electrons. The fraction of sp³-hybridized carbons (Fsp3) is 0.350. The van der Waals surface area contributed by atoms with Crippen molar-refractivity contribution in [1.82, 2.24) is 4.31 Å². The predicted molar refractivity (Wildman–Crippen MR) is 113 cm³/mol. The first-order valence-electron chi connectivity index (χ1n) is 9.04. The Bertz CT molecular complexity index is 971. The highest BCUT2D eigenvalue weighted by molar-refractivity contribution is 7.88. The molecule has 2 aromatic rings. The Morgan fingerprint density at radius 1 is 1.14 bits per heavy atom. The predicted octanol–water partition coefficient (Wildman–Crippen LogP) is 4.48. The topological polar surface area (TPSA) is 66.5 Å². The maximum Gasteiger partial charge on any atom is 0.227 e. The molecule has 1 saturated heterocycles. The molecule has 0 aliphatic carbocycles. The van der Waals surface area contributed by atoms with Crippen LogP contribution in [0.5, 0.6) is 0 Å². The number of aryl methyl sites for hydroxylation is 1. The minimum absolute atomic E-state index is 0.0893. The van der Waals surface area contributed by atoms with Crippen LogP contribution in [0.25, 0.3) is 0 Å². The first kappa shape index (κ1) is 21.1. The molecule has 28 heavy (non-hydrogen) atoms. The number of rotatable bonds is 5. The third kappa shape index (κ3) is 5.06. The van der Waals surface area contributed by atoms with E-state index in [0.29, 0.717) is 41.5 Å². The molecule has 1 fully saturated rings. The number of halogens is 2. The summed E-state index contributed by atoms with van der Waals surface area (Å²) in [5.41, 5.74) is 2.20. The van der Waals surface area contributed by atoms with Crippen LogP contribution in [0, 0.1) is 12.8 Å². The fourth-order valence-corrected chi connectivity index (χ4v) is 5.40. The monoisotopic (exact) mass is 440 g/mol. The molecule has 0 aromatic heterocycles. The van der Waals surface area contributed by atoms with Gasteiger partial charge in [-0.1, -0.05) is 41.4 Å². The van der Waals surface area contributed by atoms with Gasteiger partial charge in [-0.05, 0) is 55.2 Å². The average Bonchev–Trinajstić information content (AvgIpc) is 2.66. The zero-order valence-electron chi connectivity index (χ0n) is 15.5. The van der Waals surface area contributed by atoms with Crippen molar-refractivity contribution in [2.45, 2.75) is 25.5 Å². The van der Waals surface area contributed by atoms with Crippen molar-refractivity contribution in [2.75, 3.05) is 18.4 Å². The third-order valence-corrected chi connectivity index (χ3v) is 7.39. The highest BCUT2D eigenvalue weighted by Crippen LogP contribution is 2.26. The molecule has 3 rings (SSSR count). The maximum absolute atomic E-state index is 12.7. The lowest BCUT2D eigenvalue weighted by molar-refractivity contribution is -0.120. The van der Waals surface area contributed by atoms with Crippen LogP contribution < -0.4 is 5.32 Å². The van der Waals surface area contributed by atoms with Crippen molar-refractivity contribution in [3.8, 4) is 0 Å². The molecular weight excluding hydrogens is 419 g/mol. The third-order valence-electron chi connectivity index (χ3n) is 4.96. The van der Waals surface area contributed by atoms with E-state index in [0.717, 1.165) is 11.3 Å². The van der Waals surface area contributed by atoms with Gasteiger partial charge in [0.2, 0.25) is 15.9 Å². The summed E-state index contributed by atoms with van der Waals surface area (Å²) in [7, 11) is -3.48. The van der Waals surface area contributed by atoms with E-state index in [9.17, 15) is 13.2 Å².